The zero-order chi connectivity index (χ0) is 11.3. The summed E-state index contributed by atoms with van der Waals surface area (Å²) in [4.78, 5) is 10.2. The molecule has 0 N–H and O–H groups in total. The maximum absolute atomic E-state index is 10.8. The molecule has 0 atom stereocenters. The number of nitro groups is 1. The Morgan fingerprint density at radius 3 is 2.00 bits per heavy atom. The molecule has 0 heterocycles. The summed E-state index contributed by atoms with van der Waals surface area (Å²) < 4.78 is 9.79. The van der Waals surface area contributed by atoms with E-state index in [1.165, 1.54) is 12.1 Å². The van der Waals surface area contributed by atoms with Crippen LogP contribution in [0.2, 0.25) is 0 Å². The summed E-state index contributed by atoms with van der Waals surface area (Å²) in [6, 6.07) is 4.48. The lowest BCUT2D eigenvalue weighted by atomic mass is 10.2. The van der Waals surface area contributed by atoms with Gasteiger partial charge in [0, 0.05) is 0 Å². The summed E-state index contributed by atoms with van der Waals surface area (Å²) in [7, 11) is 0. The van der Waals surface area contributed by atoms with Gasteiger partial charge in [0.2, 0.25) is 11.5 Å². The third kappa shape index (κ3) is 2.34. The molecule has 0 aliphatic carbocycles. The molecule has 15 heavy (non-hydrogen) atoms. The van der Waals surface area contributed by atoms with Gasteiger partial charge in [-0.2, -0.15) is 0 Å². The average Bonchev–Trinajstić information content (AvgIpc) is 2.18. The largest absolute Gasteiger partial charge is 0.458 e. The average molecular weight is 207 g/mol. The molecule has 0 aliphatic heterocycles. The van der Waals surface area contributed by atoms with Gasteiger partial charge in [-0.05, 0) is 12.1 Å². The Hall–Kier alpha value is -2.30. The summed E-state index contributed by atoms with van der Waals surface area (Å²) in [5.74, 6) is 0.156. The molecule has 5 heteroatoms. The highest BCUT2D eigenvalue weighted by molar-refractivity contribution is 5.57. The number of para-hydroxylation sites is 1. The van der Waals surface area contributed by atoms with E-state index in [9.17, 15) is 10.1 Å². The smallest absolute Gasteiger partial charge is 0.353 e. The predicted octanol–water partition coefficient (Wildman–Crippen LogP) is 2.64. The molecule has 0 spiro atoms. The van der Waals surface area contributed by atoms with Gasteiger partial charge in [0.15, 0.2) is 0 Å². The van der Waals surface area contributed by atoms with Crippen molar-refractivity contribution in [2.45, 2.75) is 0 Å². The van der Waals surface area contributed by atoms with Gasteiger partial charge in [-0.25, -0.2) is 0 Å². The fraction of sp³-hybridized carbons (Fsp3) is 0. The van der Waals surface area contributed by atoms with E-state index in [0.29, 0.717) is 0 Å². The molecule has 0 unspecified atom stereocenters. The summed E-state index contributed by atoms with van der Waals surface area (Å²) >= 11 is 0. The molecule has 0 aromatic heterocycles. The molecule has 0 fully saturated rings. The van der Waals surface area contributed by atoms with E-state index in [-0.39, 0.29) is 17.2 Å². The van der Waals surface area contributed by atoms with Crippen LogP contribution >= 0.6 is 0 Å². The summed E-state index contributed by atoms with van der Waals surface area (Å²) in [5, 5.41) is 10.8. The van der Waals surface area contributed by atoms with Gasteiger partial charge in [-0.1, -0.05) is 19.2 Å². The molecule has 0 saturated carbocycles. The lowest BCUT2D eigenvalue weighted by molar-refractivity contribution is -0.386. The van der Waals surface area contributed by atoms with Crippen molar-refractivity contribution in [3.8, 4) is 11.5 Å². The molecule has 0 radical (unpaired) electrons. The fourth-order valence-electron chi connectivity index (χ4n) is 1.05. The van der Waals surface area contributed by atoms with Gasteiger partial charge in [0.1, 0.15) is 0 Å². The van der Waals surface area contributed by atoms with E-state index < -0.39 is 4.92 Å². The Labute approximate surface area is 86.4 Å². The van der Waals surface area contributed by atoms with Crippen molar-refractivity contribution < 1.29 is 14.4 Å². The third-order valence-corrected chi connectivity index (χ3v) is 1.57. The maximum Gasteiger partial charge on any atom is 0.353 e. The number of rotatable bonds is 5. The Balaban J connectivity index is 3.26. The zero-order valence-corrected chi connectivity index (χ0v) is 7.88. The minimum absolute atomic E-state index is 0.0781. The van der Waals surface area contributed by atoms with Crippen molar-refractivity contribution in [2.24, 2.45) is 0 Å². The topological polar surface area (TPSA) is 61.6 Å². The number of hydrogen-bond donors (Lipinski definition) is 0. The maximum atomic E-state index is 10.8. The van der Waals surface area contributed by atoms with Crippen LogP contribution < -0.4 is 9.47 Å². The molecule has 1 rings (SSSR count). The minimum atomic E-state index is -0.586. The highest BCUT2D eigenvalue weighted by atomic mass is 16.6. The number of hydrogen-bond acceptors (Lipinski definition) is 4. The first-order valence-corrected chi connectivity index (χ1v) is 4.03. The van der Waals surface area contributed by atoms with E-state index in [1.54, 1.807) is 6.07 Å². The normalized spacial score (nSPS) is 9.07. The van der Waals surface area contributed by atoms with Crippen LogP contribution in [0, 0.1) is 10.1 Å². The van der Waals surface area contributed by atoms with Gasteiger partial charge in [-0.3, -0.25) is 10.1 Å². The van der Waals surface area contributed by atoms with Crippen LogP contribution in [0.1, 0.15) is 0 Å². The SMILES string of the molecule is C=COc1cccc(OC=C)c1[N+](=O)[O-]. The first-order chi connectivity index (χ1) is 7.20. The monoisotopic (exact) mass is 207 g/mol. The van der Waals surface area contributed by atoms with Crippen LogP contribution in [0.4, 0.5) is 5.69 Å². The molecule has 78 valence electrons. The van der Waals surface area contributed by atoms with Crippen molar-refractivity contribution in [2.75, 3.05) is 0 Å². The minimum Gasteiger partial charge on any atom is -0.458 e. The third-order valence-electron chi connectivity index (χ3n) is 1.57. The number of ether oxygens (including phenoxy) is 2. The van der Waals surface area contributed by atoms with E-state index in [1.807, 2.05) is 0 Å². The zero-order valence-electron chi connectivity index (χ0n) is 7.88. The van der Waals surface area contributed by atoms with Crippen molar-refractivity contribution in [3.63, 3.8) is 0 Å². The van der Waals surface area contributed by atoms with Crippen LogP contribution in [0.25, 0.3) is 0 Å². The molecule has 0 saturated heterocycles. The van der Waals surface area contributed by atoms with Gasteiger partial charge in [0.25, 0.3) is 0 Å². The summed E-state index contributed by atoms with van der Waals surface area (Å²) in [6.07, 6.45) is 2.22. The van der Waals surface area contributed by atoms with E-state index in [2.05, 4.69) is 13.2 Å². The van der Waals surface area contributed by atoms with E-state index in [4.69, 9.17) is 9.47 Å². The van der Waals surface area contributed by atoms with Gasteiger partial charge in [0.05, 0.1) is 17.4 Å². The highest BCUT2D eigenvalue weighted by Crippen LogP contribution is 2.36. The lowest BCUT2D eigenvalue weighted by Crippen LogP contribution is -1.96. The van der Waals surface area contributed by atoms with Crippen molar-refractivity contribution >= 4 is 5.69 Å². The van der Waals surface area contributed by atoms with E-state index in [0.717, 1.165) is 12.5 Å². The summed E-state index contributed by atoms with van der Waals surface area (Å²) in [6.45, 7) is 6.65. The van der Waals surface area contributed by atoms with Crippen molar-refractivity contribution in [1.29, 1.82) is 0 Å². The molecule has 1 aromatic carbocycles. The van der Waals surface area contributed by atoms with Crippen molar-refractivity contribution in [1.82, 2.24) is 0 Å². The van der Waals surface area contributed by atoms with Crippen LogP contribution in [0.5, 0.6) is 11.5 Å². The molecular formula is C10H9NO4. The fourth-order valence-corrected chi connectivity index (χ4v) is 1.05. The highest BCUT2D eigenvalue weighted by Gasteiger charge is 2.21. The molecule has 5 nitrogen and oxygen atoms in total. The van der Waals surface area contributed by atoms with Gasteiger partial charge >= 0.3 is 5.69 Å². The first kappa shape index (κ1) is 10.8. The Morgan fingerprint density at radius 1 is 1.20 bits per heavy atom. The molecule has 0 amide bonds. The number of nitro benzene ring substituents is 1. The standard InChI is InChI=1S/C10H9NO4/c1-3-14-8-6-5-7-9(15-4-2)10(8)11(12)13/h3-7H,1-2H2. The number of benzene rings is 1. The predicted molar refractivity (Wildman–Crippen MR) is 54.7 cm³/mol. The van der Waals surface area contributed by atoms with E-state index >= 15 is 0 Å². The second-order valence-electron chi connectivity index (χ2n) is 2.43. The van der Waals surface area contributed by atoms with Crippen molar-refractivity contribution in [3.05, 3.63) is 54.0 Å². The van der Waals surface area contributed by atoms with Crippen LogP contribution in [-0.4, -0.2) is 4.92 Å². The van der Waals surface area contributed by atoms with Gasteiger partial charge in [-0.15, -0.1) is 0 Å². The quantitative estimate of drug-likeness (QED) is 0.423. The Kier molecular flexibility index (Phi) is 3.45. The molecule has 0 aliphatic rings. The lowest BCUT2D eigenvalue weighted by Gasteiger charge is -2.05. The molecule has 0 bridgehead atoms. The summed E-state index contributed by atoms with van der Waals surface area (Å²) in [5.41, 5.74) is -0.252. The molecule has 1 aromatic rings. The van der Waals surface area contributed by atoms with Crippen LogP contribution in [-0.2, 0) is 0 Å². The second kappa shape index (κ2) is 4.80. The first-order valence-electron chi connectivity index (χ1n) is 4.03. The Bertz CT molecular complexity index is 372. The number of nitrogens with zero attached hydrogens (tertiary/aromatic N) is 1. The van der Waals surface area contributed by atoms with Gasteiger partial charge < -0.3 is 9.47 Å². The molecular weight excluding hydrogens is 198 g/mol. The second-order valence-corrected chi connectivity index (χ2v) is 2.43. The van der Waals surface area contributed by atoms with Crippen LogP contribution in [0.15, 0.2) is 43.9 Å². The Morgan fingerprint density at radius 2 is 1.67 bits per heavy atom. The van der Waals surface area contributed by atoms with Crippen LogP contribution in [0.3, 0.4) is 0 Å².